The van der Waals surface area contributed by atoms with Crippen molar-refractivity contribution in [1.29, 1.82) is 0 Å². The Morgan fingerprint density at radius 3 is 2.71 bits per heavy atom. The molecule has 2 aromatic heterocycles. The molecule has 74 valence electrons. The lowest BCUT2D eigenvalue weighted by atomic mass is 10.2. The summed E-state index contributed by atoms with van der Waals surface area (Å²) in [5.41, 5.74) is 4.20. The van der Waals surface area contributed by atoms with E-state index in [2.05, 4.69) is 39.8 Å². The van der Waals surface area contributed by atoms with Gasteiger partial charge in [-0.25, -0.2) is 0 Å². The van der Waals surface area contributed by atoms with Crippen LogP contribution in [0.5, 0.6) is 0 Å². The van der Waals surface area contributed by atoms with Crippen LogP contribution in [-0.4, -0.2) is 0 Å². The third-order valence-corrected chi connectivity index (χ3v) is 3.83. The van der Waals surface area contributed by atoms with E-state index in [1.165, 1.54) is 16.7 Å². The average molecular weight is 223 g/mol. The Balaban J connectivity index is 1.81. The van der Waals surface area contributed by atoms with E-state index >= 15 is 0 Å². The van der Waals surface area contributed by atoms with Gasteiger partial charge in [-0.15, -0.1) is 0 Å². The predicted molar refractivity (Wildman–Crippen MR) is 63.9 cm³/mol. The highest BCUT2D eigenvalue weighted by molar-refractivity contribution is 7.08. The molecule has 14 heavy (non-hydrogen) atoms. The lowest BCUT2D eigenvalue weighted by Gasteiger charge is -2.02. The van der Waals surface area contributed by atoms with Crippen molar-refractivity contribution in [3.8, 4) is 0 Å². The molecular weight excluding hydrogens is 210 g/mol. The van der Waals surface area contributed by atoms with Crippen LogP contribution < -0.4 is 5.32 Å². The monoisotopic (exact) mass is 223 g/mol. The van der Waals surface area contributed by atoms with Crippen molar-refractivity contribution in [3.05, 3.63) is 44.3 Å². The first-order valence-electron chi connectivity index (χ1n) is 4.60. The Hall–Kier alpha value is -0.640. The maximum atomic E-state index is 3.44. The molecule has 2 rings (SSSR count). The van der Waals surface area contributed by atoms with E-state index in [4.69, 9.17) is 0 Å². The summed E-state index contributed by atoms with van der Waals surface area (Å²) >= 11 is 3.53. The summed E-state index contributed by atoms with van der Waals surface area (Å²) in [7, 11) is 0. The molecule has 0 radical (unpaired) electrons. The van der Waals surface area contributed by atoms with Gasteiger partial charge in [0.1, 0.15) is 0 Å². The molecular formula is C11H13NS2. The molecule has 0 fully saturated rings. The van der Waals surface area contributed by atoms with Crippen LogP contribution in [0, 0.1) is 6.92 Å². The maximum Gasteiger partial charge on any atom is 0.0219 e. The van der Waals surface area contributed by atoms with Crippen molar-refractivity contribution in [2.45, 2.75) is 20.0 Å². The fourth-order valence-electron chi connectivity index (χ4n) is 1.30. The van der Waals surface area contributed by atoms with Crippen LogP contribution in [0.1, 0.15) is 16.7 Å². The quantitative estimate of drug-likeness (QED) is 0.837. The highest BCUT2D eigenvalue weighted by Crippen LogP contribution is 2.13. The van der Waals surface area contributed by atoms with E-state index in [0.29, 0.717) is 0 Å². The van der Waals surface area contributed by atoms with E-state index in [0.717, 1.165) is 13.1 Å². The smallest absolute Gasteiger partial charge is 0.0219 e. The molecule has 0 spiro atoms. The fraction of sp³-hybridized carbons (Fsp3) is 0.273. The van der Waals surface area contributed by atoms with Crippen LogP contribution in [0.2, 0.25) is 0 Å². The van der Waals surface area contributed by atoms with Crippen molar-refractivity contribution in [2.75, 3.05) is 0 Å². The zero-order valence-corrected chi connectivity index (χ0v) is 9.75. The molecule has 2 heterocycles. The van der Waals surface area contributed by atoms with Crippen LogP contribution in [0.3, 0.4) is 0 Å². The number of rotatable bonds is 4. The van der Waals surface area contributed by atoms with Gasteiger partial charge in [-0.2, -0.15) is 22.7 Å². The Morgan fingerprint density at radius 2 is 2.07 bits per heavy atom. The van der Waals surface area contributed by atoms with Crippen LogP contribution >= 0.6 is 22.7 Å². The predicted octanol–water partition coefficient (Wildman–Crippen LogP) is 3.41. The highest BCUT2D eigenvalue weighted by Gasteiger charge is 1.98. The molecule has 0 atom stereocenters. The van der Waals surface area contributed by atoms with Gasteiger partial charge in [-0.3, -0.25) is 0 Å². The molecule has 0 aliphatic rings. The Bertz CT molecular complexity index is 376. The molecule has 2 aromatic rings. The molecule has 0 aliphatic heterocycles. The highest BCUT2D eigenvalue weighted by atomic mass is 32.1. The molecule has 0 aromatic carbocycles. The van der Waals surface area contributed by atoms with Crippen molar-refractivity contribution < 1.29 is 0 Å². The lowest BCUT2D eigenvalue weighted by molar-refractivity contribution is 0.694. The van der Waals surface area contributed by atoms with Crippen molar-refractivity contribution in [2.24, 2.45) is 0 Å². The second kappa shape index (κ2) is 4.73. The molecule has 0 amide bonds. The molecule has 0 unspecified atom stereocenters. The molecule has 1 nitrogen and oxygen atoms in total. The molecule has 3 heteroatoms. The lowest BCUT2D eigenvalue weighted by Crippen LogP contribution is -2.12. The third-order valence-electron chi connectivity index (χ3n) is 2.19. The van der Waals surface area contributed by atoms with Crippen LogP contribution in [0.25, 0.3) is 0 Å². The Kier molecular flexibility index (Phi) is 3.35. The normalized spacial score (nSPS) is 10.6. The first-order valence-corrected chi connectivity index (χ1v) is 6.48. The molecule has 0 aliphatic carbocycles. The van der Waals surface area contributed by atoms with E-state index < -0.39 is 0 Å². The minimum Gasteiger partial charge on any atom is -0.309 e. The van der Waals surface area contributed by atoms with Crippen molar-refractivity contribution in [3.63, 3.8) is 0 Å². The maximum absolute atomic E-state index is 3.44. The minimum absolute atomic E-state index is 0.971. The molecule has 0 saturated heterocycles. The minimum atomic E-state index is 0.971. The topological polar surface area (TPSA) is 12.0 Å². The summed E-state index contributed by atoms with van der Waals surface area (Å²) in [6.45, 7) is 4.11. The van der Waals surface area contributed by atoms with Crippen molar-refractivity contribution >= 4 is 22.7 Å². The molecule has 1 N–H and O–H groups in total. The molecule has 0 bridgehead atoms. The van der Waals surface area contributed by atoms with Gasteiger partial charge in [0.15, 0.2) is 0 Å². The summed E-state index contributed by atoms with van der Waals surface area (Å²) in [5, 5.41) is 12.2. The summed E-state index contributed by atoms with van der Waals surface area (Å²) < 4.78 is 0. The van der Waals surface area contributed by atoms with Crippen LogP contribution in [-0.2, 0) is 13.1 Å². The Labute approximate surface area is 92.4 Å². The number of nitrogens with one attached hydrogen (secondary N) is 1. The SMILES string of the molecule is Cc1cscc1CNCc1ccsc1. The Morgan fingerprint density at radius 1 is 1.14 bits per heavy atom. The van der Waals surface area contributed by atoms with Crippen LogP contribution in [0.15, 0.2) is 27.6 Å². The van der Waals surface area contributed by atoms with Crippen molar-refractivity contribution in [1.82, 2.24) is 5.32 Å². The first kappa shape index (κ1) is 9.90. The van der Waals surface area contributed by atoms with Gasteiger partial charge in [-0.05, 0) is 51.2 Å². The number of hydrogen-bond acceptors (Lipinski definition) is 3. The zero-order chi connectivity index (χ0) is 9.80. The summed E-state index contributed by atoms with van der Waals surface area (Å²) in [6.07, 6.45) is 0. The number of thiophene rings is 2. The van der Waals surface area contributed by atoms with Gasteiger partial charge in [0, 0.05) is 13.1 Å². The van der Waals surface area contributed by atoms with Gasteiger partial charge in [0.25, 0.3) is 0 Å². The standard InChI is InChI=1S/C11H13NS2/c1-9-6-14-8-11(9)5-12-4-10-2-3-13-7-10/h2-3,6-8,12H,4-5H2,1H3. The zero-order valence-electron chi connectivity index (χ0n) is 8.12. The second-order valence-corrected chi connectivity index (χ2v) is 4.84. The van der Waals surface area contributed by atoms with E-state index in [1.54, 1.807) is 22.7 Å². The van der Waals surface area contributed by atoms with Gasteiger partial charge >= 0.3 is 0 Å². The van der Waals surface area contributed by atoms with Gasteiger partial charge in [0.2, 0.25) is 0 Å². The molecule has 0 saturated carbocycles. The summed E-state index contributed by atoms with van der Waals surface area (Å²) in [6, 6.07) is 2.16. The third kappa shape index (κ3) is 2.44. The second-order valence-electron chi connectivity index (χ2n) is 3.32. The average Bonchev–Trinajstić information content (AvgIpc) is 2.78. The van der Waals surface area contributed by atoms with E-state index in [-0.39, 0.29) is 0 Å². The summed E-state index contributed by atoms with van der Waals surface area (Å²) in [5.74, 6) is 0. The largest absolute Gasteiger partial charge is 0.309 e. The summed E-state index contributed by atoms with van der Waals surface area (Å²) in [4.78, 5) is 0. The fourth-order valence-corrected chi connectivity index (χ4v) is 2.83. The van der Waals surface area contributed by atoms with Gasteiger partial charge < -0.3 is 5.32 Å². The van der Waals surface area contributed by atoms with Gasteiger partial charge in [0.05, 0.1) is 0 Å². The van der Waals surface area contributed by atoms with Gasteiger partial charge in [-0.1, -0.05) is 0 Å². The van der Waals surface area contributed by atoms with E-state index in [9.17, 15) is 0 Å². The number of hydrogen-bond donors (Lipinski definition) is 1. The first-order chi connectivity index (χ1) is 6.86. The van der Waals surface area contributed by atoms with Crippen LogP contribution in [0.4, 0.5) is 0 Å². The van der Waals surface area contributed by atoms with E-state index in [1.807, 2.05) is 0 Å². The number of aryl methyl sites for hydroxylation is 1.